The van der Waals surface area contributed by atoms with E-state index in [0.29, 0.717) is 0 Å². The molecule has 0 aromatic heterocycles. The van der Waals surface area contributed by atoms with Crippen molar-refractivity contribution in [3.8, 4) is 0 Å². The van der Waals surface area contributed by atoms with Gasteiger partial charge in [-0.3, -0.25) is 5.32 Å². The summed E-state index contributed by atoms with van der Waals surface area (Å²) in [6.45, 7) is 9.22. The van der Waals surface area contributed by atoms with Crippen LogP contribution in [0.4, 0.5) is 5.69 Å². The number of benzene rings is 1. The summed E-state index contributed by atoms with van der Waals surface area (Å²) in [5, 5.41) is 7.40. The number of fused-ring (bicyclic) bond motifs is 3. The van der Waals surface area contributed by atoms with Crippen LogP contribution in [-0.2, 0) is 5.41 Å². The molecule has 2 heteroatoms. The molecule has 2 atom stereocenters. The number of hydrogen-bond donors (Lipinski definition) is 2. The number of hydrogen-bond acceptors (Lipinski definition) is 2. The SMILES string of the molecule is CC1(C)C[C@@]2(C)c3ccccc3N[C@@]2(C)N1. The Hall–Kier alpha value is -1.02. The van der Waals surface area contributed by atoms with Gasteiger partial charge in [-0.2, -0.15) is 0 Å². The normalized spacial score (nSPS) is 39.0. The zero-order chi connectivity index (χ0) is 11.6. The Morgan fingerprint density at radius 3 is 2.50 bits per heavy atom. The van der Waals surface area contributed by atoms with Crippen LogP contribution in [0.1, 0.15) is 39.7 Å². The van der Waals surface area contributed by atoms with Crippen molar-refractivity contribution < 1.29 is 0 Å². The predicted molar refractivity (Wildman–Crippen MR) is 67.7 cm³/mol. The summed E-state index contributed by atoms with van der Waals surface area (Å²) in [6.07, 6.45) is 1.17. The minimum absolute atomic E-state index is 0.0137. The third kappa shape index (κ3) is 1.06. The quantitative estimate of drug-likeness (QED) is 0.697. The van der Waals surface area contributed by atoms with E-state index < -0.39 is 0 Å². The van der Waals surface area contributed by atoms with Gasteiger partial charge in [-0.25, -0.2) is 0 Å². The third-order valence-electron chi connectivity index (χ3n) is 4.39. The summed E-state index contributed by atoms with van der Waals surface area (Å²) in [4.78, 5) is 0. The first kappa shape index (κ1) is 10.2. The summed E-state index contributed by atoms with van der Waals surface area (Å²) < 4.78 is 0. The Labute approximate surface area is 97.4 Å². The van der Waals surface area contributed by atoms with Crippen LogP contribution in [-0.4, -0.2) is 11.2 Å². The maximum atomic E-state index is 3.74. The molecule has 1 saturated heterocycles. The van der Waals surface area contributed by atoms with E-state index in [-0.39, 0.29) is 16.6 Å². The maximum absolute atomic E-state index is 3.74. The fourth-order valence-corrected chi connectivity index (χ4v) is 3.80. The molecule has 0 radical (unpaired) electrons. The molecule has 2 N–H and O–H groups in total. The van der Waals surface area contributed by atoms with Crippen LogP contribution in [0.3, 0.4) is 0 Å². The molecule has 0 bridgehead atoms. The zero-order valence-electron chi connectivity index (χ0n) is 10.5. The van der Waals surface area contributed by atoms with Crippen molar-refractivity contribution in [3.63, 3.8) is 0 Å². The first-order valence-corrected chi connectivity index (χ1v) is 6.03. The molecular formula is C14H20N2. The fraction of sp³-hybridized carbons (Fsp3) is 0.571. The molecule has 1 aromatic carbocycles. The lowest BCUT2D eigenvalue weighted by molar-refractivity contribution is 0.325. The Bertz CT molecular complexity index is 452. The standard InChI is InChI=1S/C14H20N2/c1-12(2)9-13(3)10-7-5-6-8-11(10)15-14(13,4)16-12/h5-8,15-16H,9H2,1-4H3/t13-,14-/m0/s1. The Morgan fingerprint density at radius 2 is 1.75 bits per heavy atom. The summed E-state index contributed by atoms with van der Waals surface area (Å²) in [6, 6.07) is 8.68. The van der Waals surface area contributed by atoms with Crippen LogP contribution in [0.25, 0.3) is 0 Å². The minimum atomic E-state index is -0.0137. The summed E-state index contributed by atoms with van der Waals surface area (Å²) >= 11 is 0. The number of para-hydroxylation sites is 1. The van der Waals surface area contributed by atoms with Crippen molar-refractivity contribution in [2.24, 2.45) is 0 Å². The molecule has 2 aliphatic heterocycles. The topological polar surface area (TPSA) is 24.1 Å². The van der Waals surface area contributed by atoms with Gasteiger partial charge in [0.15, 0.2) is 0 Å². The molecule has 1 fully saturated rings. The molecule has 0 aliphatic carbocycles. The van der Waals surface area contributed by atoms with Gasteiger partial charge in [-0.15, -0.1) is 0 Å². The summed E-state index contributed by atoms with van der Waals surface area (Å²) in [7, 11) is 0. The highest BCUT2D eigenvalue weighted by Crippen LogP contribution is 2.54. The first-order chi connectivity index (χ1) is 7.36. The van der Waals surface area contributed by atoms with E-state index in [1.54, 1.807) is 0 Å². The molecule has 0 unspecified atom stereocenters. The molecule has 0 amide bonds. The Morgan fingerprint density at radius 1 is 1.06 bits per heavy atom. The van der Waals surface area contributed by atoms with Gasteiger partial charge in [0.25, 0.3) is 0 Å². The molecule has 0 saturated carbocycles. The maximum Gasteiger partial charge on any atom is 0.0954 e. The van der Waals surface area contributed by atoms with E-state index in [9.17, 15) is 0 Å². The highest BCUT2D eigenvalue weighted by atomic mass is 15.3. The van der Waals surface area contributed by atoms with Crippen molar-refractivity contribution in [1.29, 1.82) is 0 Å². The Kier molecular flexibility index (Phi) is 1.66. The second-order valence-corrected chi connectivity index (χ2v) is 6.31. The molecule has 2 heterocycles. The lowest BCUT2D eigenvalue weighted by Gasteiger charge is -2.34. The monoisotopic (exact) mass is 216 g/mol. The fourth-order valence-electron chi connectivity index (χ4n) is 3.80. The third-order valence-corrected chi connectivity index (χ3v) is 4.39. The molecule has 16 heavy (non-hydrogen) atoms. The molecule has 2 aliphatic rings. The van der Waals surface area contributed by atoms with Crippen molar-refractivity contribution in [3.05, 3.63) is 29.8 Å². The number of nitrogens with one attached hydrogen (secondary N) is 2. The van der Waals surface area contributed by atoms with E-state index in [1.807, 2.05) is 0 Å². The average Bonchev–Trinajstić information content (AvgIpc) is 2.44. The van der Waals surface area contributed by atoms with Gasteiger partial charge < -0.3 is 5.32 Å². The molecule has 0 spiro atoms. The molecule has 1 aromatic rings. The Balaban J connectivity index is 2.17. The van der Waals surface area contributed by atoms with E-state index in [0.717, 1.165) is 0 Å². The van der Waals surface area contributed by atoms with Crippen LogP contribution in [0, 0.1) is 0 Å². The molecule has 3 rings (SSSR count). The van der Waals surface area contributed by atoms with E-state index in [4.69, 9.17) is 0 Å². The van der Waals surface area contributed by atoms with Crippen molar-refractivity contribution in [2.75, 3.05) is 5.32 Å². The van der Waals surface area contributed by atoms with Gasteiger partial charge in [0, 0.05) is 16.6 Å². The molecular weight excluding hydrogens is 196 g/mol. The number of anilines is 1. The summed E-state index contributed by atoms with van der Waals surface area (Å²) in [5.41, 5.74) is 3.11. The van der Waals surface area contributed by atoms with Gasteiger partial charge in [0.2, 0.25) is 0 Å². The van der Waals surface area contributed by atoms with Gasteiger partial charge >= 0.3 is 0 Å². The lowest BCUT2D eigenvalue weighted by Crippen LogP contribution is -2.54. The highest BCUT2D eigenvalue weighted by Gasteiger charge is 2.60. The van der Waals surface area contributed by atoms with E-state index >= 15 is 0 Å². The second-order valence-electron chi connectivity index (χ2n) is 6.31. The first-order valence-electron chi connectivity index (χ1n) is 6.03. The van der Waals surface area contributed by atoms with Gasteiger partial charge in [-0.1, -0.05) is 25.1 Å². The van der Waals surface area contributed by atoms with E-state index in [1.165, 1.54) is 17.7 Å². The van der Waals surface area contributed by atoms with Crippen molar-refractivity contribution >= 4 is 5.69 Å². The smallest absolute Gasteiger partial charge is 0.0954 e. The zero-order valence-corrected chi connectivity index (χ0v) is 10.5. The van der Waals surface area contributed by atoms with Crippen LogP contribution in [0.15, 0.2) is 24.3 Å². The minimum Gasteiger partial charge on any atom is -0.366 e. The van der Waals surface area contributed by atoms with Crippen LogP contribution in [0.5, 0.6) is 0 Å². The van der Waals surface area contributed by atoms with Crippen LogP contribution < -0.4 is 10.6 Å². The summed E-state index contributed by atoms with van der Waals surface area (Å²) in [5.74, 6) is 0. The average molecular weight is 216 g/mol. The number of rotatable bonds is 0. The van der Waals surface area contributed by atoms with Gasteiger partial charge in [-0.05, 0) is 38.8 Å². The van der Waals surface area contributed by atoms with Crippen LogP contribution >= 0.6 is 0 Å². The lowest BCUT2D eigenvalue weighted by atomic mass is 9.73. The van der Waals surface area contributed by atoms with Crippen molar-refractivity contribution in [1.82, 2.24) is 5.32 Å². The molecule has 2 nitrogen and oxygen atoms in total. The van der Waals surface area contributed by atoms with Gasteiger partial charge in [0.05, 0.1) is 5.66 Å². The predicted octanol–water partition coefficient (Wildman–Crippen LogP) is 2.86. The van der Waals surface area contributed by atoms with Crippen molar-refractivity contribution in [2.45, 2.75) is 50.7 Å². The second kappa shape index (κ2) is 2.62. The highest BCUT2D eigenvalue weighted by molar-refractivity contribution is 5.65. The van der Waals surface area contributed by atoms with Gasteiger partial charge in [0.1, 0.15) is 0 Å². The molecule has 86 valence electrons. The van der Waals surface area contributed by atoms with E-state index in [2.05, 4.69) is 62.6 Å². The van der Waals surface area contributed by atoms with Crippen LogP contribution in [0.2, 0.25) is 0 Å². The largest absolute Gasteiger partial charge is 0.366 e.